The van der Waals surface area contributed by atoms with Crippen LogP contribution in [0, 0.1) is 11.6 Å². The average molecular weight is 459 g/mol. The molecule has 34 heavy (non-hydrogen) atoms. The second-order valence-electron chi connectivity index (χ2n) is 7.70. The van der Waals surface area contributed by atoms with Crippen LogP contribution in [0.15, 0.2) is 103 Å². The molecule has 0 fully saturated rings. The molecule has 0 spiro atoms. The molecular weight excluding hydrogens is 436 g/mol. The van der Waals surface area contributed by atoms with E-state index < -0.39 is 41.5 Å². The third-order valence-electron chi connectivity index (χ3n) is 5.56. The molecule has 0 saturated heterocycles. The molecule has 4 rings (SSSR count). The number of anilines is 1. The Bertz CT molecular complexity index is 1140. The van der Waals surface area contributed by atoms with E-state index in [0.29, 0.717) is 6.07 Å². The zero-order chi connectivity index (χ0) is 24.0. The van der Waals surface area contributed by atoms with Crippen molar-refractivity contribution in [1.29, 1.82) is 0 Å². The first-order valence-electron chi connectivity index (χ1n) is 10.7. The highest BCUT2D eigenvalue weighted by Crippen LogP contribution is 2.37. The Kier molecular flexibility index (Phi) is 7.06. The van der Waals surface area contributed by atoms with Gasteiger partial charge in [0.25, 0.3) is 0 Å². The summed E-state index contributed by atoms with van der Waals surface area (Å²) in [6.45, 7) is -0.580. The molecule has 1 heterocycles. The van der Waals surface area contributed by atoms with Gasteiger partial charge in [-0.3, -0.25) is 10.1 Å². The van der Waals surface area contributed by atoms with E-state index in [0.717, 1.165) is 22.9 Å². The van der Waals surface area contributed by atoms with Gasteiger partial charge in [0, 0.05) is 6.07 Å². The molecule has 0 bridgehead atoms. The number of rotatable bonds is 8. The molecule has 5 nitrogen and oxygen atoms in total. The van der Waals surface area contributed by atoms with Crippen LogP contribution in [-0.4, -0.2) is 28.6 Å². The summed E-state index contributed by atoms with van der Waals surface area (Å²) in [7, 11) is 0. The number of pyridine rings is 1. The average Bonchev–Trinajstić information content (AvgIpc) is 2.88. The van der Waals surface area contributed by atoms with Crippen LogP contribution in [0.1, 0.15) is 16.7 Å². The fourth-order valence-corrected chi connectivity index (χ4v) is 3.98. The molecule has 3 N–H and O–H groups in total. The molecule has 4 aromatic rings. The van der Waals surface area contributed by atoms with Crippen LogP contribution in [0.2, 0.25) is 0 Å². The van der Waals surface area contributed by atoms with Crippen molar-refractivity contribution >= 4 is 11.7 Å². The van der Waals surface area contributed by atoms with Gasteiger partial charge in [-0.15, -0.1) is 0 Å². The number of aliphatic hydroxyl groups is 1. The Hall–Kier alpha value is -3.94. The maximum absolute atomic E-state index is 14.1. The standard InChI is InChI=1S/C27H23F2N3O2/c28-22-16-23(29)25(30-17-22)31-26(34)24(18-33)32-27(19-10-4-1-5-11-19,20-12-6-2-7-13-20)21-14-8-3-9-15-21/h1-17,24,32-33H,18H2,(H,30,31,34)/t24-/m0/s1. The molecule has 172 valence electrons. The summed E-state index contributed by atoms with van der Waals surface area (Å²) < 4.78 is 27.3. The molecule has 0 aliphatic carbocycles. The highest BCUT2D eigenvalue weighted by Gasteiger charge is 2.39. The fourth-order valence-electron chi connectivity index (χ4n) is 3.98. The van der Waals surface area contributed by atoms with Crippen LogP contribution in [0.3, 0.4) is 0 Å². The zero-order valence-corrected chi connectivity index (χ0v) is 18.2. The molecule has 7 heteroatoms. The lowest BCUT2D eigenvalue weighted by molar-refractivity contribution is -0.119. The lowest BCUT2D eigenvalue weighted by Crippen LogP contribution is -2.55. The molecule has 0 radical (unpaired) electrons. The molecule has 0 aliphatic heterocycles. The summed E-state index contributed by atoms with van der Waals surface area (Å²) >= 11 is 0. The van der Waals surface area contributed by atoms with E-state index in [1.807, 2.05) is 91.0 Å². The molecule has 1 atom stereocenters. The summed E-state index contributed by atoms with van der Waals surface area (Å²) in [5.41, 5.74) is 1.49. The number of aliphatic hydroxyl groups excluding tert-OH is 1. The third kappa shape index (κ3) is 4.71. The number of nitrogens with one attached hydrogen (secondary N) is 2. The maximum atomic E-state index is 14.1. The molecule has 0 saturated carbocycles. The first-order valence-corrected chi connectivity index (χ1v) is 10.7. The minimum atomic E-state index is -1.16. The Balaban J connectivity index is 1.80. The molecule has 3 aromatic carbocycles. The van der Waals surface area contributed by atoms with Gasteiger partial charge < -0.3 is 10.4 Å². The van der Waals surface area contributed by atoms with Gasteiger partial charge in [-0.2, -0.15) is 0 Å². The van der Waals surface area contributed by atoms with Crippen molar-refractivity contribution in [2.75, 3.05) is 11.9 Å². The number of hydrogen-bond donors (Lipinski definition) is 3. The van der Waals surface area contributed by atoms with Gasteiger partial charge in [-0.1, -0.05) is 91.0 Å². The third-order valence-corrected chi connectivity index (χ3v) is 5.56. The molecule has 0 aliphatic rings. The second-order valence-corrected chi connectivity index (χ2v) is 7.70. The largest absolute Gasteiger partial charge is 0.394 e. The summed E-state index contributed by atoms with van der Waals surface area (Å²) in [6.07, 6.45) is 0.808. The number of benzene rings is 3. The van der Waals surface area contributed by atoms with Crippen molar-refractivity contribution in [3.05, 3.63) is 132 Å². The van der Waals surface area contributed by atoms with Crippen molar-refractivity contribution < 1.29 is 18.7 Å². The number of aromatic nitrogens is 1. The Morgan fingerprint density at radius 1 is 0.853 bits per heavy atom. The van der Waals surface area contributed by atoms with Crippen molar-refractivity contribution in [3.63, 3.8) is 0 Å². The number of amides is 1. The first-order chi connectivity index (χ1) is 16.5. The van der Waals surface area contributed by atoms with Gasteiger partial charge in [-0.05, 0) is 16.7 Å². The van der Waals surface area contributed by atoms with E-state index in [9.17, 15) is 18.7 Å². The van der Waals surface area contributed by atoms with E-state index in [4.69, 9.17) is 0 Å². The topological polar surface area (TPSA) is 74.2 Å². The van der Waals surface area contributed by atoms with E-state index in [-0.39, 0.29) is 0 Å². The lowest BCUT2D eigenvalue weighted by atomic mass is 9.76. The van der Waals surface area contributed by atoms with Crippen LogP contribution in [0.25, 0.3) is 0 Å². The maximum Gasteiger partial charge on any atom is 0.245 e. The number of nitrogens with zero attached hydrogens (tertiary/aromatic N) is 1. The van der Waals surface area contributed by atoms with Crippen molar-refractivity contribution in [1.82, 2.24) is 10.3 Å². The molecule has 1 amide bonds. The van der Waals surface area contributed by atoms with Gasteiger partial charge in [-0.25, -0.2) is 13.8 Å². The van der Waals surface area contributed by atoms with Crippen molar-refractivity contribution in [2.45, 2.75) is 11.6 Å². The van der Waals surface area contributed by atoms with Crippen LogP contribution >= 0.6 is 0 Å². The molecule has 0 unspecified atom stereocenters. The predicted octanol–water partition coefficient (Wildman–Crippen LogP) is 4.24. The number of carbonyl (C=O) groups is 1. The fraction of sp³-hybridized carbons (Fsp3) is 0.111. The highest BCUT2D eigenvalue weighted by molar-refractivity contribution is 5.94. The molecule has 1 aromatic heterocycles. The normalized spacial score (nSPS) is 12.2. The summed E-state index contributed by atoms with van der Waals surface area (Å²) in [5.74, 6) is -3.00. The van der Waals surface area contributed by atoms with Gasteiger partial charge in [0.2, 0.25) is 5.91 Å². The van der Waals surface area contributed by atoms with Crippen molar-refractivity contribution in [2.24, 2.45) is 0 Å². The summed E-state index contributed by atoms with van der Waals surface area (Å²) in [4.78, 5) is 16.7. The molecular formula is C27H23F2N3O2. The van der Waals surface area contributed by atoms with E-state index >= 15 is 0 Å². The Morgan fingerprint density at radius 2 is 1.32 bits per heavy atom. The summed E-state index contributed by atoms with van der Waals surface area (Å²) in [6, 6.07) is 28.1. The number of halogens is 2. The minimum absolute atomic E-state index is 0.420. The number of hydrogen-bond acceptors (Lipinski definition) is 4. The van der Waals surface area contributed by atoms with Crippen molar-refractivity contribution in [3.8, 4) is 0 Å². The SMILES string of the molecule is O=C(Nc1ncc(F)cc1F)[C@H](CO)NC(c1ccccc1)(c1ccccc1)c1ccccc1. The van der Waals surface area contributed by atoms with Gasteiger partial charge in [0.05, 0.1) is 18.3 Å². The van der Waals surface area contributed by atoms with Gasteiger partial charge in [0.15, 0.2) is 11.6 Å². The summed E-state index contributed by atoms with van der Waals surface area (Å²) in [5, 5.41) is 15.9. The smallest absolute Gasteiger partial charge is 0.245 e. The predicted molar refractivity (Wildman–Crippen MR) is 126 cm³/mol. The second kappa shape index (κ2) is 10.3. The van der Waals surface area contributed by atoms with Crippen LogP contribution in [-0.2, 0) is 10.3 Å². The lowest BCUT2D eigenvalue weighted by Gasteiger charge is -2.39. The van der Waals surface area contributed by atoms with E-state index in [1.54, 1.807) is 0 Å². The van der Waals surface area contributed by atoms with E-state index in [1.165, 1.54) is 0 Å². The van der Waals surface area contributed by atoms with Gasteiger partial charge >= 0.3 is 0 Å². The van der Waals surface area contributed by atoms with Crippen LogP contribution in [0.4, 0.5) is 14.6 Å². The van der Waals surface area contributed by atoms with Crippen LogP contribution < -0.4 is 10.6 Å². The first kappa shape index (κ1) is 23.2. The Morgan fingerprint density at radius 3 is 1.74 bits per heavy atom. The van der Waals surface area contributed by atoms with Gasteiger partial charge in [0.1, 0.15) is 11.9 Å². The quantitative estimate of drug-likeness (QED) is 0.345. The monoisotopic (exact) mass is 459 g/mol. The minimum Gasteiger partial charge on any atom is -0.394 e. The Labute approximate surface area is 196 Å². The van der Waals surface area contributed by atoms with Crippen LogP contribution in [0.5, 0.6) is 0 Å². The zero-order valence-electron chi connectivity index (χ0n) is 18.2. The van der Waals surface area contributed by atoms with E-state index in [2.05, 4.69) is 15.6 Å². The highest BCUT2D eigenvalue weighted by atomic mass is 19.1. The number of carbonyl (C=O) groups excluding carboxylic acids is 1.